The molecule has 1 aromatic carbocycles. The maximum Gasteiger partial charge on any atom is 0.254 e. The molecule has 1 atom stereocenters. The highest BCUT2D eigenvalue weighted by atomic mass is 16.5. The van der Waals surface area contributed by atoms with Gasteiger partial charge in [-0.05, 0) is 43.9 Å². The summed E-state index contributed by atoms with van der Waals surface area (Å²) < 4.78 is 5.63. The third-order valence-electron chi connectivity index (χ3n) is 4.06. The number of carbonyl (C=O) groups is 1. The van der Waals surface area contributed by atoms with Gasteiger partial charge in [-0.15, -0.1) is 0 Å². The van der Waals surface area contributed by atoms with Gasteiger partial charge < -0.3 is 15.0 Å². The molecule has 1 amide bonds. The number of carbonyl (C=O) groups excluding carboxylic acids is 1. The fourth-order valence-corrected chi connectivity index (χ4v) is 3.06. The Balaban J connectivity index is 1.86. The molecule has 0 aromatic heterocycles. The number of rotatable bonds is 1. The minimum atomic E-state index is 0.124. The average molecular weight is 274 g/mol. The van der Waals surface area contributed by atoms with E-state index in [-0.39, 0.29) is 12.0 Å². The van der Waals surface area contributed by atoms with Gasteiger partial charge in [-0.3, -0.25) is 4.79 Å². The van der Waals surface area contributed by atoms with Gasteiger partial charge in [0.1, 0.15) is 0 Å². The third kappa shape index (κ3) is 2.66. The number of anilines is 1. The maximum absolute atomic E-state index is 12.8. The lowest BCUT2D eigenvalue weighted by atomic mass is 9.96. The summed E-state index contributed by atoms with van der Waals surface area (Å²) >= 11 is 0. The summed E-state index contributed by atoms with van der Waals surface area (Å²) in [7, 11) is 0. The number of nitrogens with one attached hydrogen (secondary N) is 1. The number of benzene rings is 1. The van der Waals surface area contributed by atoms with Crippen LogP contribution in [0, 0.1) is 0 Å². The zero-order valence-electron chi connectivity index (χ0n) is 12.0. The van der Waals surface area contributed by atoms with Crippen LogP contribution in [0.1, 0.15) is 35.7 Å². The van der Waals surface area contributed by atoms with Crippen LogP contribution in [0.15, 0.2) is 18.2 Å². The first kappa shape index (κ1) is 13.4. The van der Waals surface area contributed by atoms with Crippen LogP contribution in [0.25, 0.3) is 0 Å². The van der Waals surface area contributed by atoms with Gasteiger partial charge in [0.25, 0.3) is 5.91 Å². The zero-order valence-corrected chi connectivity index (χ0v) is 12.0. The second kappa shape index (κ2) is 5.83. The summed E-state index contributed by atoms with van der Waals surface area (Å²) in [6.07, 6.45) is 3.13. The Labute approximate surface area is 120 Å². The summed E-state index contributed by atoms with van der Waals surface area (Å²) in [6.45, 7) is 5.27. The summed E-state index contributed by atoms with van der Waals surface area (Å²) in [5.41, 5.74) is 3.17. The van der Waals surface area contributed by atoms with Crippen molar-refractivity contribution in [2.24, 2.45) is 0 Å². The number of ether oxygens (including phenoxy) is 1. The van der Waals surface area contributed by atoms with Crippen LogP contribution >= 0.6 is 0 Å². The largest absolute Gasteiger partial charge is 0.385 e. The molecule has 0 spiro atoms. The molecule has 1 N–H and O–H groups in total. The fourth-order valence-electron chi connectivity index (χ4n) is 3.06. The molecule has 3 rings (SSSR count). The van der Waals surface area contributed by atoms with E-state index >= 15 is 0 Å². The minimum absolute atomic E-state index is 0.124. The van der Waals surface area contributed by atoms with E-state index in [1.807, 2.05) is 24.0 Å². The molecule has 2 aliphatic rings. The second-order valence-corrected chi connectivity index (χ2v) is 5.65. The van der Waals surface area contributed by atoms with E-state index in [1.165, 1.54) is 5.56 Å². The Morgan fingerprint density at radius 1 is 1.40 bits per heavy atom. The Kier molecular flexibility index (Phi) is 3.92. The second-order valence-electron chi connectivity index (χ2n) is 5.65. The van der Waals surface area contributed by atoms with E-state index in [0.29, 0.717) is 6.54 Å². The van der Waals surface area contributed by atoms with Crippen molar-refractivity contribution in [3.05, 3.63) is 29.3 Å². The predicted molar refractivity (Wildman–Crippen MR) is 79.2 cm³/mol. The van der Waals surface area contributed by atoms with Crippen LogP contribution in [-0.4, -0.2) is 43.2 Å². The van der Waals surface area contributed by atoms with Crippen LogP contribution in [0.3, 0.4) is 0 Å². The van der Waals surface area contributed by atoms with Gasteiger partial charge in [-0.25, -0.2) is 0 Å². The molecule has 0 radical (unpaired) electrons. The summed E-state index contributed by atoms with van der Waals surface area (Å²) in [6, 6.07) is 6.01. The molecule has 0 saturated carbocycles. The van der Waals surface area contributed by atoms with Gasteiger partial charge in [0.05, 0.1) is 6.10 Å². The van der Waals surface area contributed by atoms with Crippen LogP contribution in [-0.2, 0) is 11.2 Å². The normalized spacial score (nSPS) is 22.6. The van der Waals surface area contributed by atoms with E-state index in [4.69, 9.17) is 4.74 Å². The first-order valence-corrected chi connectivity index (χ1v) is 7.52. The van der Waals surface area contributed by atoms with Crippen molar-refractivity contribution in [3.63, 3.8) is 0 Å². The predicted octanol–water partition coefficient (Wildman–Crippen LogP) is 2.30. The summed E-state index contributed by atoms with van der Waals surface area (Å²) in [4.78, 5) is 14.8. The topological polar surface area (TPSA) is 41.6 Å². The molecular weight excluding hydrogens is 252 g/mol. The maximum atomic E-state index is 12.8. The Morgan fingerprint density at radius 3 is 3.20 bits per heavy atom. The van der Waals surface area contributed by atoms with Crippen LogP contribution in [0.5, 0.6) is 0 Å². The van der Waals surface area contributed by atoms with Crippen LogP contribution in [0.4, 0.5) is 5.69 Å². The highest BCUT2D eigenvalue weighted by Crippen LogP contribution is 2.26. The van der Waals surface area contributed by atoms with Gasteiger partial charge in [0.2, 0.25) is 0 Å². The molecule has 108 valence electrons. The van der Waals surface area contributed by atoms with Crippen LogP contribution < -0.4 is 5.32 Å². The molecule has 20 heavy (non-hydrogen) atoms. The SMILES string of the molecule is CC1CN(C(=O)c2cccc3c2CCCN3)CCCO1. The summed E-state index contributed by atoms with van der Waals surface area (Å²) in [5.74, 6) is 0.155. The molecule has 4 nitrogen and oxygen atoms in total. The monoisotopic (exact) mass is 274 g/mol. The van der Waals surface area contributed by atoms with Gasteiger partial charge in [-0.2, -0.15) is 0 Å². The summed E-state index contributed by atoms with van der Waals surface area (Å²) in [5, 5.41) is 3.39. The van der Waals surface area contributed by atoms with Gasteiger partial charge in [0.15, 0.2) is 0 Å². The zero-order chi connectivity index (χ0) is 13.9. The van der Waals surface area contributed by atoms with Gasteiger partial charge in [0, 0.05) is 37.5 Å². The van der Waals surface area contributed by atoms with E-state index < -0.39 is 0 Å². The lowest BCUT2D eigenvalue weighted by molar-refractivity contribution is 0.0562. The number of hydrogen-bond donors (Lipinski definition) is 1. The number of fused-ring (bicyclic) bond motifs is 1. The van der Waals surface area contributed by atoms with Gasteiger partial charge >= 0.3 is 0 Å². The lowest BCUT2D eigenvalue weighted by Gasteiger charge is -2.26. The Morgan fingerprint density at radius 2 is 2.30 bits per heavy atom. The molecule has 1 unspecified atom stereocenters. The van der Waals surface area contributed by atoms with Crippen molar-refractivity contribution in [2.45, 2.75) is 32.3 Å². The van der Waals surface area contributed by atoms with E-state index in [2.05, 4.69) is 11.4 Å². The molecule has 1 aromatic rings. The quantitative estimate of drug-likeness (QED) is 0.854. The first-order valence-electron chi connectivity index (χ1n) is 7.52. The highest BCUT2D eigenvalue weighted by Gasteiger charge is 2.24. The van der Waals surface area contributed by atoms with Gasteiger partial charge in [-0.1, -0.05) is 6.07 Å². The molecule has 0 bridgehead atoms. The molecular formula is C16H22N2O2. The molecule has 1 fully saturated rings. The highest BCUT2D eigenvalue weighted by molar-refractivity contribution is 5.97. The molecule has 0 aliphatic carbocycles. The fraction of sp³-hybridized carbons (Fsp3) is 0.562. The van der Waals surface area contributed by atoms with Crippen molar-refractivity contribution >= 4 is 11.6 Å². The smallest absolute Gasteiger partial charge is 0.254 e. The molecule has 2 aliphatic heterocycles. The standard InChI is InChI=1S/C16H22N2O2/c1-12-11-18(9-4-10-20-12)16(19)14-5-2-7-15-13(14)6-3-8-17-15/h2,5,7,12,17H,3-4,6,8-11H2,1H3. The van der Waals surface area contributed by atoms with E-state index in [9.17, 15) is 4.79 Å². The van der Waals surface area contributed by atoms with Crippen molar-refractivity contribution in [2.75, 3.05) is 31.6 Å². The van der Waals surface area contributed by atoms with E-state index in [0.717, 1.165) is 50.2 Å². The van der Waals surface area contributed by atoms with Crippen molar-refractivity contribution in [1.82, 2.24) is 4.90 Å². The number of hydrogen-bond acceptors (Lipinski definition) is 3. The minimum Gasteiger partial charge on any atom is -0.385 e. The third-order valence-corrected chi connectivity index (χ3v) is 4.06. The van der Waals surface area contributed by atoms with Crippen LogP contribution in [0.2, 0.25) is 0 Å². The van der Waals surface area contributed by atoms with E-state index in [1.54, 1.807) is 0 Å². The Bertz CT molecular complexity index is 501. The average Bonchev–Trinajstić information content (AvgIpc) is 2.70. The number of nitrogens with zero attached hydrogens (tertiary/aromatic N) is 1. The Hall–Kier alpha value is -1.55. The van der Waals surface area contributed by atoms with Crippen molar-refractivity contribution in [3.8, 4) is 0 Å². The molecule has 1 saturated heterocycles. The van der Waals surface area contributed by atoms with Crippen molar-refractivity contribution < 1.29 is 9.53 Å². The first-order chi connectivity index (χ1) is 9.75. The number of amides is 1. The van der Waals surface area contributed by atoms with Crippen molar-refractivity contribution in [1.29, 1.82) is 0 Å². The molecule has 2 heterocycles. The lowest BCUT2D eigenvalue weighted by Crippen LogP contribution is -2.36. The molecule has 4 heteroatoms.